The number of fused-ring (bicyclic) bond motifs is 1. The number of nitrogens with two attached hydrogens (primary N) is 1. The Balaban J connectivity index is 0.000000230. The monoisotopic (exact) mass is 838 g/mol. The molecule has 7 N–H and O–H groups in total. The molecule has 5 amide bonds. The van der Waals surface area contributed by atoms with E-state index < -0.39 is 14.8 Å². The molecule has 0 radical (unpaired) electrons. The number of rotatable bonds is 14. The summed E-state index contributed by atoms with van der Waals surface area (Å²) < 4.78 is 27.1. The van der Waals surface area contributed by atoms with Gasteiger partial charge in [-0.2, -0.15) is 0 Å². The molecule has 3 fully saturated rings. The van der Waals surface area contributed by atoms with E-state index in [2.05, 4.69) is 57.4 Å². The van der Waals surface area contributed by atoms with Gasteiger partial charge in [-0.25, -0.2) is 18.0 Å². The lowest BCUT2D eigenvalue weighted by Gasteiger charge is -2.21. The van der Waals surface area contributed by atoms with E-state index in [4.69, 9.17) is 4.79 Å². The summed E-state index contributed by atoms with van der Waals surface area (Å²) in [5.74, 6) is -0.0245. The van der Waals surface area contributed by atoms with Crippen LogP contribution in [0.3, 0.4) is 0 Å². The SMILES string of the molecule is CC(C)NC(=O)Nc1cccc2c1[nH]c(=O)n2C(C)C.CC1CCCN1C(=O)CNc1ccccc1.CCCCC/C=C\C1CC1C(=O)NS(=O)(=O)C1(C)CC1.NC=O. The third kappa shape index (κ3) is 14.9. The number of urea groups is 1. The number of para-hydroxylation sites is 2. The van der Waals surface area contributed by atoms with Gasteiger partial charge in [0.05, 0.1) is 28.0 Å². The third-order valence-electron chi connectivity index (χ3n) is 10.4. The molecule has 1 aliphatic heterocycles. The maximum atomic E-state index is 12.0. The van der Waals surface area contributed by atoms with E-state index in [0.717, 1.165) is 43.4 Å². The van der Waals surface area contributed by atoms with Crippen molar-refractivity contribution in [2.45, 2.75) is 129 Å². The molecule has 3 unspecified atom stereocenters. The lowest BCUT2D eigenvalue weighted by molar-refractivity contribution is -0.129. The van der Waals surface area contributed by atoms with Crippen molar-refractivity contribution in [2.24, 2.45) is 17.6 Å². The van der Waals surface area contributed by atoms with E-state index in [-0.39, 0.29) is 53.9 Å². The Kier molecular flexibility index (Phi) is 18.7. The van der Waals surface area contributed by atoms with Crippen LogP contribution in [0.4, 0.5) is 16.2 Å². The molecule has 6 rings (SSSR count). The van der Waals surface area contributed by atoms with Crippen LogP contribution in [0.25, 0.3) is 11.0 Å². The van der Waals surface area contributed by atoms with Gasteiger partial charge >= 0.3 is 11.7 Å². The highest BCUT2D eigenvalue weighted by Crippen LogP contribution is 2.44. The van der Waals surface area contributed by atoms with Gasteiger partial charge in [0.25, 0.3) is 0 Å². The summed E-state index contributed by atoms with van der Waals surface area (Å²) in [6, 6.07) is 15.5. The first-order valence-corrected chi connectivity index (χ1v) is 22.2. The first-order valence-electron chi connectivity index (χ1n) is 20.8. The lowest BCUT2D eigenvalue weighted by Crippen LogP contribution is -2.39. The number of aromatic amines is 1. The van der Waals surface area contributed by atoms with Crippen molar-refractivity contribution >= 4 is 56.7 Å². The average Bonchev–Trinajstić information content (AvgIpc) is 4.05. The van der Waals surface area contributed by atoms with Gasteiger partial charge in [-0.05, 0) is 117 Å². The number of imidazole rings is 1. The Bertz CT molecular complexity index is 2020. The molecule has 3 aromatic rings. The maximum absolute atomic E-state index is 12.0. The molecule has 59 heavy (non-hydrogen) atoms. The minimum absolute atomic E-state index is 0.0496. The number of nitrogens with zero attached hydrogens (tertiary/aromatic N) is 2. The summed E-state index contributed by atoms with van der Waals surface area (Å²) >= 11 is 0. The van der Waals surface area contributed by atoms with Crippen LogP contribution in [-0.4, -0.2) is 77.0 Å². The standard InChI is InChI=1S/C15H25NO3S.C14H20N4O2.C13H18N2O.CH3NO/c1-3-4-5-6-7-8-12-11-13(12)14(17)16-20(18,19)15(2)9-10-15;1-8(2)15-13(19)16-10-6-5-7-11-12(10)17-14(20)18(11)9(3)4;1-11-6-5-9-15(11)13(16)10-14-12-7-3-2-4-8-12;2-1-3/h7-8,12-13H,3-6,9-11H2,1-2H3,(H,16,17);5-9H,1-4H3,(H,17,20)(H2,15,16,19);2-4,7-8,11,14H,5-6,9-10H2,1H3;1H,(H2,2,3)/b8-7-;;;. The predicted molar refractivity (Wildman–Crippen MR) is 235 cm³/mol. The molecule has 2 aromatic carbocycles. The number of primary amides is 1. The zero-order valence-electron chi connectivity index (χ0n) is 35.8. The topological polar surface area (TPSA) is 218 Å². The number of carbonyl (C=O) groups excluding carboxylic acids is 4. The van der Waals surface area contributed by atoms with Crippen molar-refractivity contribution in [1.29, 1.82) is 0 Å². The fourth-order valence-electron chi connectivity index (χ4n) is 6.61. The summed E-state index contributed by atoms with van der Waals surface area (Å²) in [5, 5.41) is 8.66. The van der Waals surface area contributed by atoms with E-state index in [1.165, 1.54) is 19.3 Å². The van der Waals surface area contributed by atoms with Crippen LogP contribution in [0.2, 0.25) is 0 Å². The normalized spacial score (nSPS) is 18.7. The van der Waals surface area contributed by atoms with Gasteiger partial charge in [-0.3, -0.25) is 23.7 Å². The quantitative estimate of drug-likeness (QED) is 0.0604. The molecule has 0 spiro atoms. The molecule has 326 valence electrons. The van der Waals surface area contributed by atoms with E-state index in [1.54, 1.807) is 17.6 Å². The zero-order chi connectivity index (χ0) is 43.8. The van der Waals surface area contributed by atoms with E-state index in [9.17, 15) is 27.6 Å². The number of hydrogen-bond donors (Lipinski definition) is 6. The van der Waals surface area contributed by atoms with Crippen LogP contribution in [0.1, 0.15) is 112 Å². The van der Waals surface area contributed by atoms with Crippen LogP contribution in [0.5, 0.6) is 0 Å². The first-order chi connectivity index (χ1) is 28.0. The van der Waals surface area contributed by atoms with E-state index >= 15 is 0 Å². The Morgan fingerprint density at radius 2 is 1.71 bits per heavy atom. The summed E-state index contributed by atoms with van der Waals surface area (Å²) in [6.07, 6.45) is 13.5. The van der Waals surface area contributed by atoms with Crippen LogP contribution in [-0.2, 0) is 24.4 Å². The van der Waals surface area contributed by atoms with Gasteiger partial charge in [0, 0.05) is 36.3 Å². The highest BCUT2D eigenvalue weighted by atomic mass is 32.2. The maximum Gasteiger partial charge on any atom is 0.326 e. The molecule has 16 heteroatoms. The number of carbonyl (C=O) groups is 4. The fraction of sp³-hybridized carbons (Fsp3) is 0.558. The number of aromatic nitrogens is 2. The Morgan fingerprint density at radius 3 is 2.29 bits per heavy atom. The molecular formula is C43H66N8O7S. The zero-order valence-corrected chi connectivity index (χ0v) is 36.6. The van der Waals surface area contributed by atoms with Crippen molar-refractivity contribution in [3.63, 3.8) is 0 Å². The molecule has 1 aromatic heterocycles. The summed E-state index contributed by atoms with van der Waals surface area (Å²) in [6.45, 7) is 15.0. The molecule has 15 nitrogen and oxygen atoms in total. The molecule has 2 saturated carbocycles. The number of allylic oxidation sites excluding steroid dienone is 2. The van der Waals surface area contributed by atoms with E-state index in [0.29, 0.717) is 36.6 Å². The Morgan fingerprint density at radius 1 is 1.03 bits per heavy atom. The van der Waals surface area contributed by atoms with Gasteiger partial charge in [-0.15, -0.1) is 0 Å². The van der Waals surface area contributed by atoms with Gasteiger partial charge < -0.3 is 31.6 Å². The minimum Gasteiger partial charge on any atom is -0.376 e. The Labute approximate surface area is 349 Å². The number of H-pyrrole nitrogens is 1. The second-order valence-corrected chi connectivity index (χ2v) is 18.3. The third-order valence-corrected chi connectivity index (χ3v) is 12.6. The van der Waals surface area contributed by atoms with Crippen molar-refractivity contribution in [3.05, 3.63) is 71.2 Å². The fourth-order valence-corrected chi connectivity index (χ4v) is 7.92. The molecule has 3 aliphatic rings. The number of amides is 5. The summed E-state index contributed by atoms with van der Waals surface area (Å²) in [5.41, 5.74) is 7.02. The number of nitrogens with one attached hydrogen (secondary N) is 5. The number of benzene rings is 2. The van der Waals surface area contributed by atoms with Crippen molar-refractivity contribution < 1.29 is 27.6 Å². The number of hydrogen-bond acceptors (Lipinski definition) is 8. The van der Waals surface area contributed by atoms with Crippen molar-refractivity contribution in [3.8, 4) is 0 Å². The minimum atomic E-state index is -3.47. The van der Waals surface area contributed by atoms with Crippen LogP contribution < -0.4 is 32.1 Å². The highest BCUT2D eigenvalue weighted by molar-refractivity contribution is 7.91. The average molecular weight is 839 g/mol. The highest BCUT2D eigenvalue weighted by Gasteiger charge is 2.52. The van der Waals surface area contributed by atoms with Crippen LogP contribution in [0, 0.1) is 11.8 Å². The van der Waals surface area contributed by atoms with Gasteiger partial charge in [0.1, 0.15) is 0 Å². The van der Waals surface area contributed by atoms with Gasteiger partial charge in [-0.1, -0.05) is 56.2 Å². The molecule has 1 saturated heterocycles. The molecular weight excluding hydrogens is 773 g/mol. The number of unbranched alkanes of at least 4 members (excludes halogenated alkanes) is 3. The second-order valence-electron chi connectivity index (χ2n) is 16.1. The molecule has 2 aliphatic carbocycles. The van der Waals surface area contributed by atoms with Crippen molar-refractivity contribution in [1.82, 2.24) is 24.5 Å². The number of anilines is 2. The molecule has 2 heterocycles. The predicted octanol–water partition coefficient (Wildman–Crippen LogP) is 6.41. The number of sulfonamides is 1. The summed E-state index contributed by atoms with van der Waals surface area (Å²) in [7, 11) is -3.47. The second kappa shape index (κ2) is 22.9. The van der Waals surface area contributed by atoms with Gasteiger partial charge in [0.2, 0.25) is 28.2 Å². The van der Waals surface area contributed by atoms with E-state index in [1.807, 2.05) is 75.1 Å². The van der Waals surface area contributed by atoms with Gasteiger partial charge in [0.15, 0.2) is 0 Å². The molecule has 3 atom stereocenters. The number of likely N-dealkylation sites (tertiary alicyclic amines) is 1. The largest absolute Gasteiger partial charge is 0.376 e. The van der Waals surface area contributed by atoms with Crippen molar-refractivity contribution in [2.75, 3.05) is 23.7 Å². The molecule has 0 bridgehead atoms. The summed E-state index contributed by atoms with van der Waals surface area (Å²) in [4.78, 5) is 60.9. The lowest BCUT2D eigenvalue weighted by atomic mass is 10.2. The smallest absolute Gasteiger partial charge is 0.326 e. The van der Waals surface area contributed by atoms with Crippen LogP contribution in [0.15, 0.2) is 65.5 Å². The Hall–Kier alpha value is -5.12. The van der Waals surface area contributed by atoms with Crippen LogP contribution >= 0.6 is 0 Å². The first kappa shape index (κ1) is 48.3.